The summed E-state index contributed by atoms with van der Waals surface area (Å²) in [6.07, 6.45) is 17.7. The monoisotopic (exact) mass is 364 g/mol. The van der Waals surface area contributed by atoms with Gasteiger partial charge in [0.15, 0.2) is 0 Å². The van der Waals surface area contributed by atoms with Crippen LogP contribution in [0.5, 0.6) is 0 Å². The first-order valence-corrected chi connectivity index (χ1v) is 11.4. The number of esters is 1. The maximum absolute atomic E-state index is 12.5. The molecule has 150 valence electrons. The number of hydrogen-bond acceptors (Lipinski definition) is 3. The Morgan fingerprint density at radius 3 is 1.85 bits per heavy atom. The lowest BCUT2D eigenvalue weighted by Crippen LogP contribution is -2.33. The van der Waals surface area contributed by atoms with Crippen molar-refractivity contribution in [1.29, 1.82) is 0 Å². The molecule has 3 fully saturated rings. The summed E-state index contributed by atoms with van der Waals surface area (Å²) >= 11 is 0. The molecule has 0 radical (unpaired) electrons. The Balaban J connectivity index is 1.34. The number of carbonyl (C=O) groups is 1. The summed E-state index contributed by atoms with van der Waals surface area (Å²) in [7, 11) is 1.78. The molecule has 3 rings (SSSR count). The van der Waals surface area contributed by atoms with Crippen LogP contribution in [-0.2, 0) is 14.3 Å². The van der Waals surface area contributed by atoms with Crippen LogP contribution in [0.3, 0.4) is 0 Å². The Morgan fingerprint density at radius 1 is 0.769 bits per heavy atom. The fraction of sp³-hybridized carbons (Fsp3) is 0.957. The van der Waals surface area contributed by atoms with Crippen molar-refractivity contribution in [1.82, 2.24) is 0 Å². The van der Waals surface area contributed by atoms with E-state index in [1.807, 2.05) is 0 Å². The number of methoxy groups -OCH3 is 1. The highest BCUT2D eigenvalue weighted by atomic mass is 16.5. The molecule has 0 aliphatic heterocycles. The highest BCUT2D eigenvalue weighted by molar-refractivity contribution is 5.72. The zero-order valence-electron chi connectivity index (χ0n) is 17.1. The van der Waals surface area contributed by atoms with Crippen molar-refractivity contribution in [3.63, 3.8) is 0 Å². The van der Waals surface area contributed by atoms with Crippen molar-refractivity contribution in [3.8, 4) is 0 Å². The van der Waals surface area contributed by atoms with Gasteiger partial charge in [0.25, 0.3) is 0 Å². The number of hydrogen-bond donors (Lipinski definition) is 0. The van der Waals surface area contributed by atoms with E-state index < -0.39 is 0 Å². The molecule has 0 heterocycles. The minimum Gasteiger partial charge on any atom is -0.462 e. The average Bonchev–Trinajstić information content (AvgIpc) is 2.69. The van der Waals surface area contributed by atoms with Crippen LogP contribution in [0.2, 0.25) is 0 Å². The van der Waals surface area contributed by atoms with Gasteiger partial charge in [0, 0.05) is 7.11 Å². The zero-order valence-corrected chi connectivity index (χ0v) is 17.1. The van der Waals surface area contributed by atoms with Gasteiger partial charge >= 0.3 is 5.97 Å². The highest BCUT2D eigenvalue weighted by Crippen LogP contribution is 2.41. The lowest BCUT2D eigenvalue weighted by atomic mass is 9.70. The molecule has 0 bridgehead atoms. The van der Waals surface area contributed by atoms with Crippen molar-refractivity contribution in [2.45, 2.75) is 109 Å². The fourth-order valence-electron chi connectivity index (χ4n) is 5.83. The van der Waals surface area contributed by atoms with Gasteiger partial charge in [0.1, 0.15) is 6.10 Å². The van der Waals surface area contributed by atoms with Gasteiger partial charge in [-0.25, -0.2) is 0 Å². The normalized spacial score (nSPS) is 38.7. The molecule has 3 nitrogen and oxygen atoms in total. The molecular weight excluding hydrogens is 324 g/mol. The van der Waals surface area contributed by atoms with Crippen LogP contribution in [0.15, 0.2) is 0 Å². The molecule has 0 aromatic heterocycles. The van der Waals surface area contributed by atoms with Gasteiger partial charge < -0.3 is 9.47 Å². The summed E-state index contributed by atoms with van der Waals surface area (Å²) in [5.41, 5.74) is 0. The second-order valence-corrected chi connectivity index (χ2v) is 9.25. The summed E-state index contributed by atoms with van der Waals surface area (Å²) < 4.78 is 11.3. The third-order valence-electron chi connectivity index (χ3n) is 7.60. The van der Waals surface area contributed by atoms with Gasteiger partial charge in [-0.3, -0.25) is 4.79 Å². The maximum atomic E-state index is 12.5. The van der Waals surface area contributed by atoms with Gasteiger partial charge in [-0.1, -0.05) is 32.6 Å². The van der Waals surface area contributed by atoms with Gasteiger partial charge in [0.2, 0.25) is 0 Å². The molecular formula is C23H40O3. The van der Waals surface area contributed by atoms with Crippen LogP contribution in [-0.4, -0.2) is 25.3 Å². The minimum atomic E-state index is 0.0723. The minimum absolute atomic E-state index is 0.0723. The molecule has 0 aromatic rings. The van der Waals surface area contributed by atoms with Crippen LogP contribution in [0.25, 0.3) is 0 Å². The van der Waals surface area contributed by atoms with Crippen molar-refractivity contribution in [2.24, 2.45) is 23.7 Å². The summed E-state index contributed by atoms with van der Waals surface area (Å²) in [5.74, 6) is 3.03. The topological polar surface area (TPSA) is 35.5 Å². The Kier molecular flexibility index (Phi) is 7.84. The zero-order chi connectivity index (χ0) is 18.4. The third kappa shape index (κ3) is 5.47. The van der Waals surface area contributed by atoms with Crippen LogP contribution in [0, 0.1) is 23.7 Å². The Labute approximate surface area is 160 Å². The summed E-state index contributed by atoms with van der Waals surface area (Å²) in [6, 6.07) is 0. The Hall–Kier alpha value is -0.570. The lowest BCUT2D eigenvalue weighted by Gasteiger charge is -2.38. The number of ether oxygens (including phenoxy) is 2. The molecule has 0 atom stereocenters. The molecule has 26 heavy (non-hydrogen) atoms. The first-order valence-electron chi connectivity index (χ1n) is 11.4. The predicted molar refractivity (Wildman–Crippen MR) is 105 cm³/mol. The Bertz CT molecular complexity index is 411. The standard InChI is InChI=1S/C23H40O3/c1-3-4-17-5-7-18(8-6-17)19-9-15-22(16-10-19)26-23(24)20-11-13-21(25-2)14-12-20/h17-22H,3-16H2,1-2H3. The van der Waals surface area contributed by atoms with E-state index >= 15 is 0 Å². The maximum Gasteiger partial charge on any atom is 0.309 e. The second-order valence-electron chi connectivity index (χ2n) is 9.25. The fourth-order valence-corrected chi connectivity index (χ4v) is 5.83. The molecule has 0 amide bonds. The summed E-state index contributed by atoms with van der Waals surface area (Å²) in [6.45, 7) is 2.32. The van der Waals surface area contributed by atoms with E-state index in [0.29, 0.717) is 6.10 Å². The van der Waals surface area contributed by atoms with Crippen molar-refractivity contribution < 1.29 is 14.3 Å². The molecule has 3 heteroatoms. The van der Waals surface area contributed by atoms with E-state index in [4.69, 9.17) is 9.47 Å². The quantitative estimate of drug-likeness (QED) is 0.550. The molecule has 3 aliphatic carbocycles. The van der Waals surface area contributed by atoms with Crippen molar-refractivity contribution in [2.75, 3.05) is 7.11 Å². The molecule has 0 N–H and O–H groups in total. The van der Waals surface area contributed by atoms with Gasteiger partial charge in [-0.05, 0) is 82.0 Å². The van der Waals surface area contributed by atoms with Crippen LogP contribution >= 0.6 is 0 Å². The highest BCUT2D eigenvalue weighted by Gasteiger charge is 2.33. The summed E-state index contributed by atoms with van der Waals surface area (Å²) in [5, 5.41) is 0. The van der Waals surface area contributed by atoms with E-state index in [1.165, 1.54) is 51.4 Å². The average molecular weight is 365 g/mol. The van der Waals surface area contributed by atoms with E-state index in [1.54, 1.807) is 7.11 Å². The third-order valence-corrected chi connectivity index (χ3v) is 7.60. The van der Waals surface area contributed by atoms with E-state index in [-0.39, 0.29) is 18.0 Å². The summed E-state index contributed by atoms with van der Waals surface area (Å²) in [4.78, 5) is 12.5. The molecule has 0 unspecified atom stereocenters. The van der Waals surface area contributed by atoms with E-state index in [2.05, 4.69) is 6.92 Å². The van der Waals surface area contributed by atoms with Crippen LogP contribution < -0.4 is 0 Å². The second kappa shape index (κ2) is 10.1. The molecule has 3 saturated carbocycles. The van der Waals surface area contributed by atoms with Gasteiger partial charge in [-0.2, -0.15) is 0 Å². The first kappa shape index (κ1) is 20.2. The van der Waals surface area contributed by atoms with E-state index in [9.17, 15) is 4.79 Å². The lowest BCUT2D eigenvalue weighted by molar-refractivity contribution is -0.158. The molecule has 0 spiro atoms. The van der Waals surface area contributed by atoms with Crippen molar-refractivity contribution in [3.05, 3.63) is 0 Å². The van der Waals surface area contributed by atoms with Crippen LogP contribution in [0.4, 0.5) is 0 Å². The molecule has 0 aromatic carbocycles. The first-order chi connectivity index (χ1) is 12.7. The molecule has 3 aliphatic rings. The SMILES string of the molecule is CCCC1CCC(C2CCC(OC(=O)C3CCC(OC)CC3)CC2)CC1. The number of rotatable bonds is 6. The predicted octanol–water partition coefficient (Wildman–Crippen LogP) is 5.90. The smallest absolute Gasteiger partial charge is 0.309 e. The Morgan fingerprint density at radius 2 is 1.31 bits per heavy atom. The van der Waals surface area contributed by atoms with Crippen LogP contribution in [0.1, 0.15) is 96.8 Å². The largest absolute Gasteiger partial charge is 0.462 e. The van der Waals surface area contributed by atoms with Gasteiger partial charge in [-0.15, -0.1) is 0 Å². The van der Waals surface area contributed by atoms with Gasteiger partial charge in [0.05, 0.1) is 12.0 Å². The number of carbonyl (C=O) groups excluding carboxylic acids is 1. The molecule has 0 saturated heterocycles. The van der Waals surface area contributed by atoms with E-state index in [0.717, 1.165) is 56.3 Å². The van der Waals surface area contributed by atoms with Crippen molar-refractivity contribution >= 4 is 5.97 Å².